The highest BCUT2D eigenvalue weighted by atomic mass is 35.5. The summed E-state index contributed by atoms with van der Waals surface area (Å²) < 4.78 is 0. The van der Waals surface area contributed by atoms with E-state index < -0.39 is 0 Å². The second-order valence-corrected chi connectivity index (χ2v) is 5.33. The lowest BCUT2D eigenvalue weighted by Crippen LogP contribution is -2.30. The second kappa shape index (κ2) is 4.20. The zero-order valence-electron chi connectivity index (χ0n) is 9.19. The number of halogens is 1. The van der Waals surface area contributed by atoms with Gasteiger partial charge in [-0.1, -0.05) is 23.7 Å². The molecule has 0 radical (unpaired) electrons. The lowest BCUT2D eigenvalue weighted by molar-refractivity contribution is 0.731. The fraction of sp³-hybridized carbons (Fsp3) is 0.250. The summed E-state index contributed by atoms with van der Waals surface area (Å²) in [5.74, 6) is 0. The smallest absolute Gasteiger partial charge is 0.187 e. The van der Waals surface area contributed by atoms with Crippen molar-refractivity contribution in [1.82, 2.24) is 4.98 Å². The van der Waals surface area contributed by atoms with Crippen LogP contribution in [0.5, 0.6) is 0 Å². The molecule has 17 heavy (non-hydrogen) atoms. The van der Waals surface area contributed by atoms with Crippen LogP contribution in [0.3, 0.4) is 0 Å². The first-order valence-corrected chi connectivity index (χ1v) is 6.72. The third-order valence-corrected chi connectivity index (χ3v) is 4.27. The maximum absolute atomic E-state index is 6.02. The van der Waals surface area contributed by atoms with Gasteiger partial charge >= 0.3 is 0 Å². The van der Waals surface area contributed by atoms with Gasteiger partial charge in [-0.3, -0.25) is 0 Å². The molecule has 0 atom stereocenters. The van der Waals surface area contributed by atoms with E-state index in [9.17, 15) is 0 Å². The average Bonchev–Trinajstić information content (AvgIpc) is 2.76. The maximum Gasteiger partial charge on any atom is 0.187 e. The average molecular weight is 266 g/mol. The maximum atomic E-state index is 6.02. The van der Waals surface area contributed by atoms with E-state index in [1.807, 2.05) is 17.5 Å². The van der Waals surface area contributed by atoms with Crippen LogP contribution in [-0.2, 0) is 13.0 Å². The molecular formula is C12H12ClN3S. The number of benzene rings is 1. The van der Waals surface area contributed by atoms with Crippen molar-refractivity contribution in [2.24, 2.45) is 0 Å². The van der Waals surface area contributed by atoms with Gasteiger partial charge in [0.25, 0.3) is 0 Å². The Balaban J connectivity index is 1.92. The molecular weight excluding hydrogens is 254 g/mol. The minimum atomic E-state index is 0.567. The quantitative estimate of drug-likeness (QED) is 0.806. The largest absolute Gasteiger partial charge is 0.398 e. The number of nitrogen functional groups attached to an aromatic ring is 1. The zero-order chi connectivity index (χ0) is 11.8. The van der Waals surface area contributed by atoms with Crippen LogP contribution in [0.2, 0.25) is 5.15 Å². The SMILES string of the molecule is Nc1cccc2c1CN(c1nc(Cl)cs1)CC2. The van der Waals surface area contributed by atoms with Gasteiger partial charge in [0.15, 0.2) is 5.13 Å². The zero-order valence-corrected chi connectivity index (χ0v) is 10.8. The molecule has 0 spiro atoms. The van der Waals surface area contributed by atoms with Crippen LogP contribution in [0, 0.1) is 0 Å². The number of hydrogen-bond donors (Lipinski definition) is 1. The van der Waals surface area contributed by atoms with Crippen molar-refractivity contribution in [3.05, 3.63) is 39.9 Å². The van der Waals surface area contributed by atoms with E-state index in [0.717, 1.165) is 30.3 Å². The monoisotopic (exact) mass is 265 g/mol. The summed E-state index contributed by atoms with van der Waals surface area (Å²) in [7, 11) is 0. The van der Waals surface area contributed by atoms with Gasteiger partial charge in [0.1, 0.15) is 5.15 Å². The van der Waals surface area contributed by atoms with Crippen molar-refractivity contribution >= 4 is 33.8 Å². The first-order chi connectivity index (χ1) is 8.24. The number of anilines is 2. The molecule has 2 aromatic rings. The number of fused-ring (bicyclic) bond motifs is 1. The Hall–Kier alpha value is -1.26. The molecule has 3 nitrogen and oxygen atoms in total. The van der Waals surface area contributed by atoms with Crippen molar-refractivity contribution in [1.29, 1.82) is 0 Å². The Kier molecular flexibility index (Phi) is 2.68. The molecule has 0 aliphatic carbocycles. The first-order valence-electron chi connectivity index (χ1n) is 5.46. The normalized spacial score (nSPS) is 14.8. The van der Waals surface area contributed by atoms with Crippen molar-refractivity contribution in [3.8, 4) is 0 Å². The molecule has 5 heteroatoms. The highest BCUT2D eigenvalue weighted by molar-refractivity contribution is 7.14. The van der Waals surface area contributed by atoms with Gasteiger partial charge < -0.3 is 10.6 Å². The first kappa shape index (κ1) is 10.9. The number of hydrogen-bond acceptors (Lipinski definition) is 4. The third-order valence-electron chi connectivity index (χ3n) is 3.04. The van der Waals surface area contributed by atoms with E-state index in [0.29, 0.717) is 5.15 Å². The Morgan fingerprint density at radius 2 is 2.29 bits per heavy atom. The molecule has 1 aromatic heterocycles. The lowest BCUT2D eigenvalue weighted by atomic mass is 9.98. The number of thiazole rings is 1. The van der Waals surface area contributed by atoms with Gasteiger partial charge in [-0.2, -0.15) is 0 Å². The van der Waals surface area contributed by atoms with Crippen LogP contribution in [0.25, 0.3) is 0 Å². The highest BCUT2D eigenvalue weighted by Gasteiger charge is 2.20. The van der Waals surface area contributed by atoms with Crippen LogP contribution in [-0.4, -0.2) is 11.5 Å². The number of nitrogens with zero attached hydrogens (tertiary/aromatic N) is 2. The fourth-order valence-corrected chi connectivity index (χ4v) is 3.14. The molecule has 0 saturated heterocycles. The Morgan fingerprint density at radius 1 is 1.41 bits per heavy atom. The van der Waals surface area contributed by atoms with E-state index in [1.165, 1.54) is 11.1 Å². The molecule has 1 aromatic carbocycles. The van der Waals surface area contributed by atoms with E-state index >= 15 is 0 Å². The summed E-state index contributed by atoms with van der Waals surface area (Å²) in [5.41, 5.74) is 9.47. The molecule has 0 bridgehead atoms. The number of aromatic nitrogens is 1. The minimum absolute atomic E-state index is 0.567. The Bertz CT molecular complexity index is 552. The van der Waals surface area contributed by atoms with Crippen LogP contribution in [0.1, 0.15) is 11.1 Å². The summed E-state index contributed by atoms with van der Waals surface area (Å²) in [5, 5.41) is 3.40. The van der Waals surface area contributed by atoms with Crippen LogP contribution in [0.15, 0.2) is 23.6 Å². The van der Waals surface area contributed by atoms with Gasteiger partial charge in [0.05, 0.1) is 0 Å². The summed E-state index contributed by atoms with van der Waals surface area (Å²) in [6, 6.07) is 6.12. The molecule has 2 heterocycles. The predicted octanol–water partition coefficient (Wildman–Crippen LogP) is 2.94. The van der Waals surface area contributed by atoms with E-state index in [-0.39, 0.29) is 0 Å². The van der Waals surface area contributed by atoms with Gasteiger partial charge in [0, 0.05) is 24.2 Å². The molecule has 0 unspecified atom stereocenters. The Labute approximate surface area is 109 Å². The number of rotatable bonds is 1. The van der Waals surface area contributed by atoms with Crippen molar-refractivity contribution in [2.45, 2.75) is 13.0 Å². The van der Waals surface area contributed by atoms with Gasteiger partial charge in [-0.05, 0) is 23.6 Å². The van der Waals surface area contributed by atoms with Crippen molar-refractivity contribution < 1.29 is 0 Å². The predicted molar refractivity (Wildman–Crippen MR) is 72.7 cm³/mol. The summed E-state index contributed by atoms with van der Waals surface area (Å²) in [4.78, 5) is 6.54. The van der Waals surface area contributed by atoms with Gasteiger partial charge in [-0.15, -0.1) is 11.3 Å². The van der Waals surface area contributed by atoms with Crippen LogP contribution < -0.4 is 10.6 Å². The second-order valence-electron chi connectivity index (χ2n) is 4.11. The van der Waals surface area contributed by atoms with Gasteiger partial charge in [0.2, 0.25) is 0 Å². The topological polar surface area (TPSA) is 42.1 Å². The summed E-state index contributed by atoms with van der Waals surface area (Å²) >= 11 is 7.44. The number of nitrogens with two attached hydrogens (primary N) is 1. The standard InChI is InChI=1S/C12H12ClN3S/c13-11-7-17-12(15-11)16-5-4-8-2-1-3-10(14)9(8)6-16/h1-3,7H,4-6,14H2. The summed E-state index contributed by atoms with van der Waals surface area (Å²) in [6.45, 7) is 1.80. The minimum Gasteiger partial charge on any atom is -0.398 e. The summed E-state index contributed by atoms with van der Waals surface area (Å²) in [6.07, 6.45) is 1.01. The molecule has 3 rings (SSSR count). The molecule has 0 amide bonds. The van der Waals surface area contributed by atoms with Crippen molar-refractivity contribution in [3.63, 3.8) is 0 Å². The van der Waals surface area contributed by atoms with Gasteiger partial charge in [-0.25, -0.2) is 4.98 Å². The molecule has 88 valence electrons. The van der Waals surface area contributed by atoms with E-state index in [4.69, 9.17) is 17.3 Å². The van der Waals surface area contributed by atoms with E-state index in [1.54, 1.807) is 11.3 Å². The van der Waals surface area contributed by atoms with Crippen LogP contribution >= 0.6 is 22.9 Å². The highest BCUT2D eigenvalue weighted by Crippen LogP contribution is 2.30. The molecule has 1 aliphatic heterocycles. The third kappa shape index (κ3) is 1.98. The molecule has 1 aliphatic rings. The van der Waals surface area contributed by atoms with Crippen molar-refractivity contribution in [2.75, 3.05) is 17.2 Å². The van der Waals surface area contributed by atoms with Crippen LogP contribution in [0.4, 0.5) is 10.8 Å². The molecule has 2 N–H and O–H groups in total. The fourth-order valence-electron chi connectivity index (χ4n) is 2.16. The van der Waals surface area contributed by atoms with E-state index in [2.05, 4.69) is 16.0 Å². The Morgan fingerprint density at radius 3 is 3.06 bits per heavy atom. The molecule has 0 fully saturated rings. The molecule has 0 saturated carbocycles. The lowest BCUT2D eigenvalue weighted by Gasteiger charge is -2.29.